The average molecular weight is 651 g/mol. The van der Waals surface area contributed by atoms with E-state index in [1.54, 1.807) is 24.3 Å². The molecule has 0 saturated heterocycles. The van der Waals surface area contributed by atoms with Crippen LogP contribution >= 0.6 is 0 Å². The van der Waals surface area contributed by atoms with Crippen LogP contribution in [-0.2, 0) is 40.6 Å². The van der Waals surface area contributed by atoms with Crippen molar-refractivity contribution in [3.05, 3.63) is 168 Å². The molecule has 248 valence electrons. The SMILES string of the molecule is FC1(F)C(COCc2ccccc2)[C@@H](OCc2ccccc2)C(OCc2ccccc2)C[C@H]1Oc1ccc(OCc2ccccc2)cc1. The Labute approximate surface area is 281 Å². The van der Waals surface area contributed by atoms with E-state index in [9.17, 15) is 0 Å². The van der Waals surface area contributed by atoms with Crippen molar-refractivity contribution < 1.29 is 32.5 Å². The van der Waals surface area contributed by atoms with Crippen molar-refractivity contribution in [3.8, 4) is 11.5 Å². The van der Waals surface area contributed by atoms with Crippen LogP contribution in [0.5, 0.6) is 11.5 Å². The fraction of sp³-hybridized carbons (Fsp3) is 0.268. The van der Waals surface area contributed by atoms with Gasteiger partial charge in [-0.1, -0.05) is 121 Å². The Balaban J connectivity index is 1.22. The van der Waals surface area contributed by atoms with Crippen LogP contribution in [0.2, 0.25) is 0 Å². The predicted octanol–water partition coefficient (Wildman–Crippen LogP) is 9.06. The molecule has 0 aromatic heterocycles. The zero-order valence-corrected chi connectivity index (χ0v) is 26.7. The molecule has 5 aromatic rings. The third kappa shape index (κ3) is 9.07. The number of benzene rings is 5. The quantitative estimate of drug-likeness (QED) is 0.113. The Bertz CT molecular complexity index is 1640. The van der Waals surface area contributed by atoms with E-state index in [4.69, 9.17) is 23.7 Å². The van der Waals surface area contributed by atoms with Crippen LogP contribution in [0.4, 0.5) is 8.78 Å². The summed E-state index contributed by atoms with van der Waals surface area (Å²) in [6, 6.07) is 45.4. The van der Waals surface area contributed by atoms with Gasteiger partial charge in [-0.2, -0.15) is 0 Å². The standard InChI is InChI=1S/C41H40F2O5/c42-41(43)37(30-44-26-31-13-5-1-6-14-31)40(47-29-34-19-11-4-12-20-34)38(46-28-33-17-9-3-10-18-33)25-39(41)48-36-23-21-35(22-24-36)45-27-32-15-7-2-8-16-32/h1-24,37-40H,25-30H2/t37?,38?,39-,40-/m1/s1. The smallest absolute Gasteiger partial charge is 0.291 e. The fourth-order valence-electron chi connectivity index (χ4n) is 5.88. The topological polar surface area (TPSA) is 46.2 Å². The molecule has 7 heteroatoms. The minimum atomic E-state index is -3.30. The molecule has 48 heavy (non-hydrogen) atoms. The van der Waals surface area contributed by atoms with Gasteiger partial charge in [0.25, 0.3) is 5.92 Å². The predicted molar refractivity (Wildman–Crippen MR) is 181 cm³/mol. The highest BCUT2D eigenvalue weighted by Crippen LogP contribution is 2.44. The van der Waals surface area contributed by atoms with Crippen LogP contribution in [-0.4, -0.2) is 30.8 Å². The third-order valence-corrected chi connectivity index (χ3v) is 8.48. The van der Waals surface area contributed by atoms with Crippen LogP contribution in [0.25, 0.3) is 0 Å². The molecule has 0 amide bonds. The first-order valence-electron chi connectivity index (χ1n) is 16.3. The van der Waals surface area contributed by atoms with E-state index in [1.165, 1.54) is 0 Å². The highest BCUT2D eigenvalue weighted by atomic mass is 19.3. The first-order valence-corrected chi connectivity index (χ1v) is 16.3. The average Bonchev–Trinajstić information content (AvgIpc) is 3.13. The summed E-state index contributed by atoms with van der Waals surface area (Å²) >= 11 is 0. The van der Waals surface area contributed by atoms with Gasteiger partial charge in [0, 0.05) is 6.42 Å². The van der Waals surface area contributed by atoms with E-state index in [1.807, 2.05) is 121 Å². The molecule has 2 unspecified atom stereocenters. The second-order valence-electron chi connectivity index (χ2n) is 12.0. The molecule has 0 N–H and O–H groups in total. The van der Waals surface area contributed by atoms with E-state index in [0.717, 1.165) is 22.3 Å². The largest absolute Gasteiger partial charge is 0.489 e. The Morgan fingerprint density at radius 2 is 0.979 bits per heavy atom. The molecule has 6 rings (SSSR count). The Morgan fingerprint density at radius 1 is 0.521 bits per heavy atom. The molecule has 0 bridgehead atoms. The second-order valence-corrected chi connectivity index (χ2v) is 12.0. The molecule has 0 heterocycles. The van der Waals surface area contributed by atoms with Crippen molar-refractivity contribution in [1.29, 1.82) is 0 Å². The highest BCUT2D eigenvalue weighted by Gasteiger charge is 2.59. The molecule has 1 fully saturated rings. The van der Waals surface area contributed by atoms with Gasteiger partial charge in [0.15, 0.2) is 6.10 Å². The summed E-state index contributed by atoms with van der Waals surface area (Å²) in [5.41, 5.74) is 3.76. The molecule has 0 spiro atoms. The van der Waals surface area contributed by atoms with Crippen molar-refractivity contribution in [2.45, 2.75) is 57.1 Å². The Hall–Kier alpha value is -4.56. The lowest BCUT2D eigenvalue weighted by atomic mass is 9.79. The van der Waals surface area contributed by atoms with Gasteiger partial charge in [-0.15, -0.1) is 0 Å². The minimum Gasteiger partial charge on any atom is -0.489 e. The maximum absolute atomic E-state index is 16.7. The molecule has 1 aliphatic rings. The van der Waals surface area contributed by atoms with Crippen molar-refractivity contribution in [2.24, 2.45) is 5.92 Å². The molecule has 4 atom stereocenters. The lowest BCUT2D eigenvalue weighted by molar-refractivity contribution is -0.254. The lowest BCUT2D eigenvalue weighted by Gasteiger charge is -2.46. The van der Waals surface area contributed by atoms with E-state index in [-0.39, 0.29) is 32.8 Å². The van der Waals surface area contributed by atoms with Crippen LogP contribution < -0.4 is 9.47 Å². The number of ether oxygens (including phenoxy) is 5. The maximum atomic E-state index is 16.7. The van der Waals surface area contributed by atoms with E-state index < -0.39 is 30.2 Å². The van der Waals surface area contributed by atoms with Crippen LogP contribution in [0.15, 0.2) is 146 Å². The molecule has 1 saturated carbocycles. The van der Waals surface area contributed by atoms with Crippen molar-refractivity contribution >= 4 is 0 Å². The second kappa shape index (κ2) is 16.5. The molecule has 0 radical (unpaired) electrons. The first-order chi connectivity index (χ1) is 23.5. The highest BCUT2D eigenvalue weighted by molar-refractivity contribution is 5.32. The normalized spacial score (nSPS) is 20.2. The summed E-state index contributed by atoms with van der Waals surface area (Å²) in [5.74, 6) is -3.70. The van der Waals surface area contributed by atoms with Gasteiger partial charge in [-0.05, 0) is 46.5 Å². The molecule has 1 aliphatic carbocycles. The van der Waals surface area contributed by atoms with Crippen molar-refractivity contribution in [3.63, 3.8) is 0 Å². The van der Waals surface area contributed by atoms with Crippen LogP contribution in [0.1, 0.15) is 28.7 Å². The lowest BCUT2D eigenvalue weighted by Crippen LogP contribution is -2.61. The summed E-state index contributed by atoms with van der Waals surface area (Å²) in [7, 11) is 0. The fourth-order valence-corrected chi connectivity index (χ4v) is 5.88. The van der Waals surface area contributed by atoms with Gasteiger partial charge in [-0.3, -0.25) is 0 Å². The van der Waals surface area contributed by atoms with Gasteiger partial charge < -0.3 is 23.7 Å². The van der Waals surface area contributed by atoms with Crippen LogP contribution in [0.3, 0.4) is 0 Å². The van der Waals surface area contributed by atoms with Gasteiger partial charge in [-0.25, -0.2) is 8.78 Å². The van der Waals surface area contributed by atoms with Crippen LogP contribution in [0, 0.1) is 5.92 Å². The molecule has 5 nitrogen and oxygen atoms in total. The number of alkyl halides is 2. The first kappa shape index (κ1) is 33.3. The third-order valence-electron chi connectivity index (χ3n) is 8.48. The maximum Gasteiger partial charge on any atom is 0.291 e. The number of hydrogen-bond acceptors (Lipinski definition) is 5. The monoisotopic (exact) mass is 650 g/mol. The summed E-state index contributed by atoms with van der Waals surface area (Å²) in [6.07, 6.45) is -3.18. The molecule has 5 aromatic carbocycles. The van der Waals surface area contributed by atoms with Gasteiger partial charge in [0.1, 0.15) is 18.1 Å². The molecular weight excluding hydrogens is 610 g/mol. The van der Waals surface area contributed by atoms with Gasteiger partial charge in [0.05, 0.1) is 44.6 Å². The number of hydrogen-bond donors (Lipinski definition) is 0. The molecule has 0 aliphatic heterocycles. The van der Waals surface area contributed by atoms with Crippen molar-refractivity contribution in [1.82, 2.24) is 0 Å². The van der Waals surface area contributed by atoms with E-state index in [2.05, 4.69) is 0 Å². The summed E-state index contributed by atoms with van der Waals surface area (Å²) in [5, 5.41) is 0. The van der Waals surface area contributed by atoms with E-state index >= 15 is 8.78 Å². The summed E-state index contributed by atoms with van der Waals surface area (Å²) in [6.45, 7) is 0.776. The Morgan fingerprint density at radius 3 is 1.52 bits per heavy atom. The minimum absolute atomic E-state index is 0.0687. The Kier molecular flexibility index (Phi) is 11.5. The van der Waals surface area contributed by atoms with E-state index in [0.29, 0.717) is 18.1 Å². The van der Waals surface area contributed by atoms with Gasteiger partial charge >= 0.3 is 0 Å². The van der Waals surface area contributed by atoms with Crippen molar-refractivity contribution in [2.75, 3.05) is 6.61 Å². The summed E-state index contributed by atoms with van der Waals surface area (Å²) < 4.78 is 64.1. The zero-order valence-electron chi connectivity index (χ0n) is 26.7. The number of rotatable bonds is 15. The zero-order chi connectivity index (χ0) is 33.0. The number of halogens is 2. The van der Waals surface area contributed by atoms with Gasteiger partial charge in [0.2, 0.25) is 0 Å². The summed E-state index contributed by atoms with van der Waals surface area (Å²) in [4.78, 5) is 0. The molecular formula is C41H40F2O5.